The summed E-state index contributed by atoms with van der Waals surface area (Å²) in [6, 6.07) is 25.3. The van der Waals surface area contributed by atoms with Crippen molar-refractivity contribution in [1.29, 1.82) is 10.5 Å². The third-order valence-corrected chi connectivity index (χ3v) is 9.15. The van der Waals surface area contributed by atoms with Crippen molar-refractivity contribution in [2.75, 3.05) is 18.0 Å². The molecule has 0 aliphatic heterocycles. The number of carbonyl (C=O) groups excluding carboxylic acids is 1. The lowest BCUT2D eigenvalue weighted by Gasteiger charge is -2.21. The van der Waals surface area contributed by atoms with Crippen LogP contribution in [0.4, 0.5) is 5.13 Å². The topological polar surface area (TPSA) is 118 Å². The average molecular weight is 558 g/mol. The SMILES string of the molecule is CCc1ccc2nc(N(Cc3ccccc3)C(=O)c3ccc(S(=O)(=O)N(CCC#N)CCC#N)cc3)sc2c1. The van der Waals surface area contributed by atoms with Gasteiger partial charge in [-0.3, -0.25) is 9.69 Å². The van der Waals surface area contributed by atoms with Gasteiger partial charge in [-0.05, 0) is 53.9 Å². The summed E-state index contributed by atoms with van der Waals surface area (Å²) >= 11 is 1.44. The highest BCUT2D eigenvalue weighted by atomic mass is 32.2. The van der Waals surface area contributed by atoms with E-state index in [1.807, 2.05) is 54.6 Å². The smallest absolute Gasteiger partial charge is 0.260 e. The second-order valence-corrected chi connectivity index (χ2v) is 11.7. The number of hydrogen-bond acceptors (Lipinski definition) is 7. The van der Waals surface area contributed by atoms with E-state index < -0.39 is 10.0 Å². The number of carbonyl (C=O) groups is 1. The molecule has 0 aliphatic carbocycles. The van der Waals surface area contributed by atoms with Crippen molar-refractivity contribution in [2.45, 2.75) is 37.6 Å². The first kappa shape index (κ1) is 27.9. The van der Waals surface area contributed by atoms with E-state index in [0.29, 0.717) is 17.2 Å². The molecule has 0 unspecified atom stereocenters. The monoisotopic (exact) mass is 557 g/mol. The quantitative estimate of drug-likeness (QED) is 0.239. The van der Waals surface area contributed by atoms with Crippen LogP contribution in [0.2, 0.25) is 0 Å². The lowest BCUT2D eigenvalue weighted by Crippen LogP contribution is -2.33. The Balaban J connectivity index is 1.66. The molecule has 0 saturated heterocycles. The normalized spacial score (nSPS) is 11.3. The third kappa shape index (κ3) is 6.50. The Hall–Kier alpha value is -4.09. The molecule has 4 aromatic rings. The van der Waals surface area contributed by atoms with Gasteiger partial charge in [0.1, 0.15) is 0 Å². The molecule has 0 N–H and O–H groups in total. The molecule has 0 spiro atoms. The molecule has 198 valence electrons. The fraction of sp³-hybridized carbons (Fsp3) is 0.241. The van der Waals surface area contributed by atoms with E-state index in [-0.39, 0.29) is 36.7 Å². The average Bonchev–Trinajstić information content (AvgIpc) is 3.39. The molecule has 4 rings (SSSR count). The summed E-state index contributed by atoms with van der Waals surface area (Å²) in [5, 5.41) is 18.4. The fourth-order valence-corrected chi connectivity index (χ4v) is 6.53. The van der Waals surface area contributed by atoms with Crippen LogP contribution in [0.5, 0.6) is 0 Å². The largest absolute Gasteiger partial charge is 0.279 e. The summed E-state index contributed by atoms with van der Waals surface area (Å²) in [6.07, 6.45) is 0.921. The van der Waals surface area contributed by atoms with Crippen LogP contribution >= 0.6 is 11.3 Å². The highest BCUT2D eigenvalue weighted by Crippen LogP contribution is 2.32. The first-order valence-corrected chi connectivity index (χ1v) is 14.7. The third-order valence-electron chi connectivity index (χ3n) is 6.19. The van der Waals surface area contributed by atoms with Crippen molar-refractivity contribution >= 4 is 42.6 Å². The van der Waals surface area contributed by atoms with Crippen LogP contribution < -0.4 is 4.90 Å². The summed E-state index contributed by atoms with van der Waals surface area (Å²) in [5.41, 5.74) is 3.26. The van der Waals surface area contributed by atoms with E-state index >= 15 is 0 Å². The van der Waals surface area contributed by atoms with Crippen LogP contribution in [0.25, 0.3) is 10.2 Å². The lowest BCUT2D eigenvalue weighted by molar-refractivity contribution is 0.0985. The number of hydrogen-bond donors (Lipinski definition) is 0. The van der Waals surface area contributed by atoms with Gasteiger partial charge >= 0.3 is 0 Å². The van der Waals surface area contributed by atoms with Crippen molar-refractivity contribution < 1.29 is 13.2 Å². The maximum Gasteiger partial charge on any atom is 0.260 e. The number of aromatic nitrogens is 1. The molecule has 0 saturated carbocycles. The molecule has 1 aromatic heterocycles. The molecule has 3 aromatic carbocycles. The number of sulfonamides is 1. The van der Waals surface area contributed by atoms with Gasteiger partial charge in [-0.2, -0.15) is 14.8 Å². The van der Waals surface area contributed by atoms with E-state index in [4.69, 9.17) is 15.5 Å². The maximum atomic E-state index is 13.8. The van der Waals surface area contributed by atoms with Crippen molar-refractivity contribution in [3.63, 3.8) is 0 Å². The Morgan fingerprint density at radius 2 is 1.59 bits per heavy atom. The number of thiazole rings is 1. The number of fused-ring (bicyclic) bond motifs is 1. The second kappa shape index (κ2) is 12.6. The van der Waals surface area contributed by atoms with Gasteiger partial charge in [0, 0.05) is 31.5 Å². The van der Waals surface area contributed by atoms with E-state index in [2.05, 4.69) is 13.0 Å². The highest BCUT2D eigenvalue weighted by Gasteiger charge is 2.26. The number of nitrogens with zero attached hydrogens (tertiary/aromatic N) is 5. The Morgan fingerprint density at radius 3 is 2.21 bits per heavy atom. The summed E-state index contributed by atoms with van der Waals surface area (Å²) in [4.78, 5) is 20.1. The van der Waals surface area contributed by atoms with Gasteiger partial charge in [-0.15, -0.1) is 0 Å². The minimum absolute atomic E-state index is 0.00313. The van der Waals surface area contributed by atoms with Gasteiger partial charge in [-0.25, -0.2) is 13.4 Å². The van der Waals surface area contributed by atoms with Crippen molar-refractivity contribution in [3.8, 4) is 12.1 Å². The molecule has 0 radical (unpaired) electrons. The highest BCUT2D eigenvalue weighted by molar-refractivity contribution is 7.89. The molecule has 0 bridgehead atoms. The van der Waals surface area contributed by atoms with Gasteiger partial charge in [0.25, 0.3) is 5.91 Å². The Bertz CT molecular complexity index is 1620. The maximum absolute atomic E-state index is 13.8. The Labute approximate surface area is 232 Å². The predicted molar refractivity (Wildman–Crippen MR) is 152 cm³/mol. The summed E-state index contributed by atoms with van der Waals surface area (Å²) in [7, 11) is -3.94. The first-order valence-electron chi connectivity index (χ1n) is 12.5. The van der Waals surface area contributed by atoms with E-state index in [9.17, 15) is 13.2 Å². The van der Waals surface area contributed by atoms with Gasteiger partial charge in [-0.1, -0.05) is 54.7 Å². The zero-order chi connectivity index (χ0) is 27.8. The molecule has 39 heavy (non-hydrogen) atoms. The Kier molecular flexibility index (Phi) is 9.05. The standard InChI is InChI=1S/C29H27N5O3S2/c1-2-22-10-15-26-27(20-22)38-29(32-26)34(21-23-8-4-3-5-9-23)28(35)24-11-13-25(14-12-24)39(36,37)33(18-6-16-30)19-7-17-31/h3-5,8-15,20H,2,6-7,18-19,21H2,1H3. The first-order chi connectivity index (χ1) is 18.9. The van der Waals surface area contributed by atoms with Gasteiger partial charge in [0.2, 0.25) is 10.0 Å². The number of benzene rings is 3. The molecule has 10 heteroatoms. The molecular formula is C29H27N5O3S2. The van der Waals surface area contributed by atoms with Crippen LogP contribution in [0.1, 0.15) is 41.3 Å². The van der Waals surface area contributed by atoms with Crippen LogP contribution in [0, 0.1) is 22.7 Å². The van der Waals surface area contributed by atoms with Crippen LogP contribution in [-0.4, -0.2) is 36.7 Å². The summed E-state index contributed by atoms with van der Waals surface area (Å²) < 4.78 is 28.5. The zero-order valence-corrected chi connectivity index (χ0v) is 23.1. The Morgan fingerprint density at radius 1 is 0.923 bits per heavy atom. The molecule has 0 fully saturated rings. The van der Waals surface area contributed by atoms with Crippen molar-refractivity contribution in [3.05, 3.63) is 89.5 Å². The molecule has 8 nitrogen and oxygen atoms in total. The van der Waals surface area contributed by atoms with E-state index in [1.165, 1.54) is 41.2 Å². The zero-order valence-electron chi connectivity index (χ0n) is 21.4. The van der Waals surface area contributed by atoms with Crippen LogP contribution in [-0.2, 0) is 23.0 Å². The van der Waals surface area contributed by atoms with Gasteiger partial charge in [0.05, 0.1) is 33.8 Å². The van der Waals surface area contributed by atoms with Gasteiger partial charge < -0.3 is 0 Å². The van der Waals surface area contributed by atoms with E-state index in [0.717, 1.165) is 26.5 Å². The number of aryl methyl sites for hydroxylation is 1. The summed E-state index contributed by atoms with van der Waals surface area (Å²) in [5.74, 6) is -0.302. The second-order valence-electron chi connectivity index (χ2n) is 8.77. The minimum atomic E-state index is -3.94. The van der Waals surface area contributed by atoms with E-state index in [1.54, 1.807) is 4.90 Å². The van der Waals surface area contributed by atoms with Crippen molar-refractivity contribution in [2.24, 2.45) is 0 Å². The minimum Gasteiger partial charge on any atom is -0.279 e. The molecule has 0 aliphatic rings. The fourth-order valence-electron chi connectivity index (χ4n) is 4.06. The van der Waals surface area contributed by atoms with Crippen LogP contribution in [0.3, 0.4) is 0 Å². The summed E-state index contributed by atoms with van der Waals surface area (Å²) in [6.45, 7) is 2.37. The number of nitriles is 2. The molecule has 0 atom stereocenters. The van der Waals surface area contributed by atoms with Crippen LogP contribution in [0.15, 0.2) is 77.7 Å². The van der Waals surface area contributed by atoms with Crippen molar-refractivity contribution in [1.82, 2.24) is 9.29 Å². The molecular weight excluding hydrogens is 530 g/mol. The molecule has 1 heterocycles. The predicted octanol–water partition coefficient (Wildman–Crippen LogP) is 5.52. The molecule has 1 amide bonds. The number of rotatable bonds is 11. The number of anilines is 1. The number of amides is 1. The van der Waals surface area contributed by atoms with Gasteiger partial charge in [0.15, 0.2) is 5.13 Å². The lowest BCUT2D eigenvalue weighted by atomic mass is 10.1.